The van der Waals surface area contributed by atoms with Crippen LogP contribution in [0.2, 0.25) is 0 Å². The van der Waals surface area contributed by atoms with Gasteiger partial charge in [0.1, 0.15) is 5.76 Å². The van der Waals surface area contributed by atoms with E-state index < -0.39 is 0 Å². The van der Waals surface area contributed by atoms with E-state index in [1.165, 1.54) is 19.3 Å². The summed E-state index contributed by atoms with van der Waals surface area (Å²) >= 11 is 0. The van der Waals surface area contributed by atoms with Crippen LogP contribution in [0.3, 0.4) is 0 Å². The average Bonchev–Trinajstić information content (AvgIpc) is 2.73. The molecule has 1 aromatic heterocycles. The van der Waals surface area contributed by atoms with E-state index in [0.717, 1.165) is 24.1 Å². The number of nitrogens with one attached hydrogen (secondary N) is 1. The quantitative estimate of drug-likeness (QED) is 0.823. The molecule has 2 nitrogen and oxygen atoms in total. The molecule has 1 heterocycles. The Bertz CT molecular complexity index is 281. The van der Waals surface area contributed by atoms with Gasteiger partial charge in [0.15, 0.2) is 0 Å². The van der Waals surface area contributed by atoms with Crippen molar-refractivity contribution in [3.63, 3.8) is 0 Å². The molecule has 1 aliphatic rings. The van der Waals surface area contributed by atoms with Crippen LogP contribution >= 0.6 is 0 Å². The van der Waals surface area contributed by atoms with Gasteiger partial charge in [-0.1, -0.05) is 13.8 Å². The lowest BCUT2D eigenvalue weighted by Gasteiger charge is -2.32. The summed E-state index contributed by atoms with van der Waals surface area (Å²) in [6, 6.07) is 4.66. The smallest absolute Gasteiger partial charge is 0.117 e. The minimum absolute atomic E-state index is 0.682. The van der Waals surface area contributed by atoms with Crippen LogP contribution in [0.5, 0.6) is 0 Å². The van der Waals surface area contributed by atoms with Crippen molar-refractivity contribution in [2.45, 2.75) is 45.7 Å². The van der Waals surface area contributed by atoms with E-state index in [9.17, 15) is 0 Å². The van der Waals surface area contributed by atoms with Gasteiger partial charge in [-0.3, -0.25) is 0 Å². The predicted molar refractivity (Wildman–Crippen MR) is 61.5 cm³/mol. The fourth-order valence-electron chi connectivity index (χ4n) is 2.39. The second kappa shape index (κ2) is 4.84. The highest BCUT2D eigenvalue weighted by atomic mass is 16.3. The Balaban J connectivity index is 1.76. The molecule has 84 valence electrons. The topological polar surface area (TPSA) is 25.2 Å². The van der Waals surface area contributed by atoms with Gasteiger partial charge < -0.3 is 9.73 Å². The Morgan fingerprint density at radius 1 is 1.33 bits per heavy atom. The van der Waals surface area contributed by atoms with Crippen molar-refractivity contribution >= 4 is 0 Å². The van der Waals surface area contributed by atoms with Crippen molar-refractivity contribution in [1.29, 1.82) is 0 Å². The van der Waals surface area contributed by atoms with E-state index in [2.05, 4.69) is 19.2 Å². The largest absolute Gasteiger partial charge is 0.468 e. The van der Waals surface area contributed by atoms with E-state index >= 15 is 0 Å². The van der Waals surface area contributed by atoms with E-state index in [4.69, 9.17) is 4.42 Å². The fourth-order valence-corrected chi connectivity index (χ4v) is 2.39. The number of furan rings is 1. The molecule has 0 saturated heterocycles. The van der Waals surface area contributed by atoms with Gasteiger partial charge in [0, 0.05) is 6.04 Å². The van der Waals surface area contributed by atoms with Gasteiger partial charge in [0.05, 0.1) is 12.8 Å². The highest BCUT2D eigenvalue weighted by molar-refractivity contribution is 4.98. The summed E-state index contributed by atoms with van der Waals surface area (Å²) in [5, 5.41) is 3.58. The molecule has 1 fully saturated rings. The van der Waals surface area contributed by atoms with Crippen molar-refractivity contribution < 1.29 is 4.42 Å². The van der Waals surface area contributed by atoms with Crippen LogP contribution in [0.1, 0.15) is 38.9 Å². The Labute approximate surface area is 92.1 Å². The lowest BCUT2D eigenvalue weighted by molar-refractivity contribution is 0.223. The van der Waals surface area contributed by atoms with Crippen molar-refractivity contribution in [2.24, 2.45) is 11.8 Å². The van der Waals surface area contributed by atoms with Crippen molar-refractivity contribution in [1.82, 2.24) is 5.32 Å². The molecule has 1 aromatic rings. The first-order valence-corrected chi connectivity index (χ1v) is 6.01. The first kappa shape index (κ1) is 10.7. The molecule has 0 unspecified atom stereocenters. The molecule has 1 N–H and O–H groups in total. The monoisotopic (exact) mass is 207 g/mol. The maximum absolute atomic E-state index is 5.31. The highest BCUT2D eigenvalue weighted by Crippen LogP contribution is 2.29. The molecule has 0 radical (unpaired) electrons. The lowest BCUT2D eigenvalue weighted by Crippen LogP contribution is -2.35. The summed E-state index contributed by atoms with van der Waals surface area (Å²) in [7, 11) is 0. The highest BCUT2D eigenvalue weighted by Gasteiger charge is 2.23. The van der Waals surface area contributed by atoms with Gasteiger partial charge in [-0.05, 0) is 43.2 Å². The second-order valence-corrected chi connectivity index (χ2v) is 4.92. The predicted octanol–water partition coefficient (Wildman–Crippen LogP) is 3.19. The van der Waals surface area contributed by atoms with E-state index in [0.29, 0.717) is 6.04 Å². The van der Waals surface area contributed by atoms with Crippen LogP contribution in [0, 0.1) is 11.8 Å². The van der Waals surface area contributed by atoms with Crippen LogP contribution in [0.15, 0.2) is 22.8 Å². The van der Waals surface area contributed by atoms with Gasteiger partial charge in [-0.2, -0.15) is 0 Å². The molecule has 0 bridgehead atoms. The minimum Gasteiger partial charge on any atom is -0.468 e. The molecule has 2 heteroatoms. The standard InChI is InChI=1S/C13H21NO/c1-10-5-6-12(8-11(10)2)14-9-13-4-3-7-15-13/h3-4,7,10-12,14H,5-6,8-9H2,1-2H3/t10-,11-,12+/m1/s1. The molecule has 0 aliphatic heterocycles. The molecular formula is C13H21NO. The summed E-state index contributed by atoms with van der Waals surface area (Å²) in [5.41, 5.74) is 0. The van der Waals surface area contributed by atoms with Gasteiger partial charge >= 0.3 is 0 Å². The lowest BCUT2D eigenvalue weighted by atomic mass is 9.79. The van der Waals surface area contributed by atoms with E-state index in [-0.39, 0.29) is 0 Å². The third-order valence-electron chi connectivity index (χ3n) is 3.74. The maximum atomic E-state index is 5.31. The normalized spacial score (nSPS) is 31.7. The average molecular weight is 207 g/mol. The van der Waals surface area contributed by atoms with Crippen LogP contribution in [-0.2, 0) is 6.54 Å². The Morgan fingerprint density at radius 2 is 2.20 bits per heavy atom. The zero-order chi connectivity index (χ0) is 10.7. The van der Waals surface area contributed by atoms with Crippen LogP contribution < -0.4 is 5.32 Å². The minimum atomic E-state index is 0.682. The fraction of sp³-hybridized carbons (Fsp3) is 0.692. The number of hydrogen-bond donors (Lipinski definition) is 1. The molecule has 3 atom stereocenters. The molecule has 15 heavy (non-hydrogen) atoms. The Kier molecular flexibility index (Phi) is 3.47. The van der Waals surface area contributed by atoms with E-state index in [1.54, 1.807) is 6.26 Å². The van der Waals surface area contributed by atoms with Gasteiger partial charge in [-0.15, -0.1) is 0 Å². The summed E-state index contributed by atoms with van der Waals surface area (Å²) in [4.78, 5) is 0. The first-order valence-electron chi connectivity index (χ1n) is 6.01. The third-order valence-corrected chi connectivity index (χ3v) is 3.74. The molecule has 0 aromatic carbocycles. The zero-order valence-electron chi connectivity index (χ0n) is 9.70. The summed E-state index contributed by atoms with van der Waals surface area (Å²) in [6.07, 6.45) is 5.72. The van der Waals surface area contributed by atoms with Crippen molar-refractivity contribution in [3.05, 3.63) is 24.2 Å². The van der Waals surface area contributed by atoms with Crippen molar-refractivity contribution in [2.75, 3.05) is 0 Å². The van der Waals surface area contributed by atoms with Crippen LogP contribution in [0.25, 0.3) is 0 Å². The molecular weight excluding hydrogens is 186 g/mol. The van der Waals surface area contributed by atoms with Gasteiger partial charge in [0.2, 0.25) is 0 Å². The number of hydrogen-bond acceptors (Lipinski definition) is 2. The molecule has 0 amide bonds. The molecule has 0 spiro atoms. The SMILES string of the molecule is C[C@@H]1CC[C@H](NCc2ccco2)C[C@H]1C. The summed E-state index contributed by atoms with van der Waals surface area (Å²) in [5.74, 6) is 2.79. The Hall–Kier alpha value is -0.760. The zero-order valence-corrected chi connectivity index (χ0v) is 9.70. The van der Waals surface area contributed by atoms with Crippen molar-refractivity contribution in [3.8, 4) is 0 Å². The van der Waals surface area contributed by atoms with Gasteiger partial charge in [0.25, 0.3) is 0 Å². The summed E-state index contributed by atoms with van der Waals surface area (Å²) in [6.45, 7) is 5.61. The van der Waals surface area contributed by atoms with Gasteiger partial charge in [-0.25, -0.2) is 0 Å². The van der Waals surface area contributed by atoms with E-state index in [1.807, 2.05) is 12.1 Å². The Morgan fingerprint density at radius 3 is 2.87 bits per heavy atom. The number of rotatable bonds is 3. The van der Waals surface area contributed by atoms with Crippen LogP contribution in [0.4, 0.5) is 0 Å². The summed E-state index contributed by atoms with van der Waals surface area (Å²) < 4.78 is 5.31. The second-order valence-electron chi connectivity index (χ2n) is 4.92. The third kappa shape index (κ3) is 2.85. The molecule has 1 saturated carbocycles. The first-order chi connectivity index (χ1) is 7.25. The van der Waals surface area contributed by atoms with Crippen LogP contribution in [-0.4, -0.2) is 6.04 Å². The molecule has 2 rings (SSSR count). The maximum Gasteiger partial charge on any atom is 0.117 e. The molecule has 1 aliphatic carbocycles.